The van der Waals surface area contributed by atoms with Crippen molar-refractivity contribution in [3.05, 3.63) is 266 Å². The average molecular weight is 893 g/mol. The predicted octanol–water partition coefficient (Wildman–Crippen LogP) is 19.5. The Morgan fingerprint density at radius 1 is 0.229 bits per heavy atom. The Hall–Kier alpha value is -8.98. The molecule has 0 amide bonds. The first-order chi connectivity index (χ1) is 34.5. The Morgan fingerprint density at radius 3 is 0.943 bits per heavy atom. The van der Waals surface area contributed by atoms with Gasteiger partial charge in [-0.25, -0.2) is 0 Å². The van der Waals surface area contributed by atoms with Crippen molar-refractivity contribution in [3.63, 3.8) is 0 Å². The largest absolute Gasteiger partial charge is 0.310 e. The van der Waals surface area contributed by atoms with Crippen LogP contribution in [0.5, 0.6) is 0 Å². The first-order valence-electron chi connectivity index (χ1n) is 24.2. The molecule has 0 aliphatic rings. The molecule has 0 spiro atoms. The van der Waals surface area contributed by atoms with Gasteiger partial charge in [-0.2, -0.15) is 0 Å². The molecule has 0 heterocycles. The number of hydrogen-bond donors (Lipinski definition) is 0. The zero-order valence-electron chi connectivity index (χ0n) is 39.1. The molecule has 0 aliphatic carbocycles. The summed E-state index contributed by atoms with van der Waals surface area (Å²) < 4.78 is 0. The molecule has 0 radical (unpaired) electrons. The van der Waals surface area contributed by atoms with Gasteiger partial charge in [0.05, 0.1) is 0 Å². The Kier molecular flexibility index (Phi) is 9.99. The molecule has 0 saturated heterocycles. The maximum absolute atomic E-state index is 2.39. The van der Waals surface area contributed by atoms with Crippen molar-refractivity contribution in [3.8, 4) is 22.3 Å². The molecule has 0 aromatic heterocycles. The van der Waals surface area contributed by atoms with Crippen LogP contribution < -0.4 is 9.80 Å². The Labute approximate surface area is 408 Å². The van der Waals surface area contributed by atoms with E-state index in [0.29, 0.717) is 0 Å². The molecule has 0 aliphatic heterocycles. The summed E-state index contributed by atoms with van der Waals surface area (Å²) >= 11 is 0. The Morgan fingerprint density at radius 2 is 0.543 bits per heavy atom. The standard InChI is InChI=1S/C68H48N2/c1-45-21-25-49(26-22-45)65-63-37-31-54-44-60(70(56-19-7-4-8-20-56)58-34-30-48-14-10-12-16-52(48)42-58)36-40-62(54)68(63)66(50-27-23-46(2)24-28-50)64-38-32-53-43-59(35-39-61(53)67(64)65)69(55-17-5-3-6-18-55)57-33-29-47-13-9-11-15-51(47)41-57/h3-44H,1-2H3. The van der Waals surface area contributed by atoms with E-state index < -0.39 is 0 Å². The molecule has 70 heavy (non-hydrogen) atoms. The fraction of sp³-hybridized carbons (Fsp3) is 0.0294. The number of anilines is 6. The molecular formula is C68H48N2. The molecule has 0 fully saturated rings. The molecule has 2 heteroatoms. The van der Waals surface area contributed by atoms with Crippen LogP contribution in [0.25, 0.3) is 86.9 Å². The summed E-state index contributed by atoms with van der Waals surface area (Å²) in [5.41, 5.74) is 14.1. The van der Waals surface area contributed by atoms with Crippen molar-refractivity contribution < 1.29 is 0 Å². The van der Waals surface area contributed by atoms with Crippen molar-refractivity contribution in [2.24, 2.45) is 0 Å². The van der Waals surface area contributed by atoms with Gasteiger partial charge in [0.2, 0.25) is 0 Å². The van der Waals surface area contributed by atoms with Gasteiger partial charge in [0.25, 0.3) is 0 Å². The number of para-hydroxylation sites is 2. The normalized spacial score (nSPS) is 11.6. The van der Waals surface area contributed by atoms with Crippen molar-refractivity contribution in [1.29, 1.82) is 0 Å². The molecule has 2 nitrogen and oxygen atoms in total. The molecule has 0 N–H and O–H groups in total. The lowest BCUT2D eigenvalue weighted by molar-refractivity contribution is 1.29. The van der Waals surface area contributed by atoms with E-state index in [0.717, 1.165) is 34.1 Å². The van der Waals surface area contributed by atoms with E-state index in [1.54, 1.807) is 0 Å². The van der Waals surface area contributed by atoms with Crippen molar-refractivity contribution in [1.82, 2.24) is 0 Å². The number of aryl methyl sites for hydroxylation is 2. The second kappa shape index (κ2) is 17.0. The van der Waals surface area contributed by atoms with Gasteiger partial charge in [0, 0.05) is 34.1 Å². The Balaban J connectivity index is 1.07. The monoisotopic (exact) mass is 892 g/mol. The minimum absolute atomic E-state index is 1.11. The first kappa shape index (κ1) is 41.2. The van der Waals surface area contributed by atoms with Gasteiger partial charge < -0.3 is 9.80 Å². The average Bonchev–Trinajstić information content (AvgIpc) is 3.41. The summed E-state index contributed by atoms with van der Waals surface area (Å²) in [6.45, 7) is 4.35. The maximum Gasteiger partial charge on any atom is 0.0468 e. The molecule has 0 saturated carbocycles. The van der Waals surface area contributed by atoms with Gasteiger partial charge in [-0.15, -0.1) is 0 Å². The van der Waals surface area contributed by atoms with E-state index in [1.807, 2.05) is 0 Å². The third-order valence-electron chi connectivity index (χ3n) is 14.3. The van der Waals surface area contributed by atoms with Crippen LogP contribution >= 0.6 is 0 Å². The topological polar surface area (TPSA) is 6.48 Å². The highest BCUT2D eigenvalue weighted by atomic mass is 15.1. The summed E-state index contributed by atoms with van der Waals surface area (Å²) in [6.07, 6.45) is 0. The highest BCUT2D eigenvalue weighted by Crippen LogP contribution is 2.50. The van der Waals surface area contributed by atoms with Gasteiger partial charge in [-0.1, -0.05) is 193 Å². The third kappa shape index (κ3) is 7.12. The van der Waals surface area contributed by atoms with E-state index in [2.05, 4.69) is 278 Å². The number of rotatable bonds is 8. The second-order valence-corrected chi connectivity index (χ2v) is 18.7. The number of fused-ring (bicyclic) bond motifs is 8. The van der Waals surface area contributed by atoms with Gasteiger partial charge >= 0.3 is 0 Å². The molecule has 330 valence electrons. The summed E-state index contributed by atoms with van der Waals surface area (Å²) in [4.78, 5) is 4.77. The maximum atomic E-state index is 2.39. The summed E-state index contributed by atoms with van der Waals surface area (Å²) in [5, 5.41) is 14.7. The van der Waals surface area contributed by atoms with E-state index >= 15 is 0 Å². The minimum Gasteiger partial charge on any atom is -0.310 e. The summed E-state index contributed by atoms with van der Waals surface area (Å²) in [6, 6.07) is 94.1. The zero-order chi connectivity index (χ0) is 46.7. The Bertz CT molecular complexity index is 3850. The van der Waals surface area contributed by atoms with Gasteiger partial charge in [-0.05, 0) is 174 Å². The number of benzene rings is 13. The van der Waals surface area contributed by atoms with Crippen LogP contribution in [0.1, 0.15) is 11.1 Å². The quantitative estimate of drug-likeness (QED) is 0.111. The van der Waals surface area contributed by atoms with Gasteiger partial charge in [0.1, 0.15) is 0 Å². The highest BCUT2D eigenvalue weighted by Gasteiger charge is 2.23. The van der Waals surface area contributed by atoms with Gasteiger partial charge in [-0.3, -0.25) is 0 Å². The van der Waals surface area contributed by atoms with E-state index in [4.69, 9.17) is 0 Å². The molecule has 13 rings (SSSR count). The lowest BCUT2D eigenvalue weighted by Crippen LogP contribution is -2.09. The molecule has 0 atom stereocenters. The van der Waals surface area contributed by atoms with E-state index in [1.165, 1.54) is 98.0 Å². The molecule has 13 aromatic carbocycles. The van der Waals surface area contributed by atoms with E-state index in [-0.39, 0.29) is 0 Å². The molecule has 0 unspecified atom stereocenters. The molecular weight excluding hydrogens is 845 g/mol. The zero-order valence-corrected chi connectivity index (χ0v) is 39.1. The third-order valence-corrected chi connectivity index (χ3v) is 14.3. The lowest BCUT2D eigenvalue weighted by Gasteiger charge is -2.27. The van der Waals surface area contributed by atoms with Crippen LogP contribution in [0.3, 0.4) is 0 Å². The first-order valence-corrected chi connectivity index (χ1v) is 24.2. The summed E-state index contributed by atoms with van der Waals surface area (Å²) in [5.74, 6) is 0. The van der Waals surface area contributed by atoms with Crippen LogP contribution in [0.15, 0.2) is 255 Å². The van der Waals surface area contributed by atoms with Crippen molar-refractivity contribution in [2.75, 3.05) is 9.80 Å². The fourth-order valence-corrected chi connectivity index (χ4v) is 10.9. The van der Waals surface area contributed by atoms with Crippen LogP contribution in [-0.2, 0) is 0 Å². The fourth-order valence-electron chi connectivity index (χ4n) is 10.9. The van der Waals surface area contributed by atoms with Crippen molar-refractivity contribution in [2.45, 2.75) is 13.8 Å². The predicted molar refractivity (Wildman–Crippen MR) is 301 cm³/mol. The van der Waals surface area contributed by atoms with E-state index in [9.17, 15) is 0 Å². The SMILES string of the molecule is Cc1ccc(-c2c3ccc4cc(N(c5ccccc5)c5ccc6ccccc6c5)ccc4c3c(-c3ccc(C)cc3)c3ccc4cc(N(c5ccccc5)c5ccc6ccccc6c5)ccc4c23)cc1. The van der Waals surface area contributed by atoms with Crippen molar-refractivity contribution >= 4 is 98.8 Å². The van der Waals surface area contributed by atoms with Crippen LogP contribution in [0, 0.1) is 13.8 Å². The molecule has 13 aromatic rings. The molecule has 0 bridgehead atoms. The summed E-state index contributed by atoms with van der Waals surface area (Å²) in [7, 11) is 0. The lowest BCUT2D eigenvalue weighted by atomic mass is 9.82. The van der Waals surface area contributed by atoms with Gasteiger partial charge in [0.15, 0.2) is 0 Å². The van der Waals surface area contributed by atoms with Crippen LogP contribution in [-0.4, -0.2) is 0 Å². The smallest absolute Gasteiger partial charge is 0.0468 e. The minimum atomic E-state index is 1.11. The number of hydrogen-bond acceptors (Lipinski definition) is 2. The van der Waals surface area contributed by atoms with Crippen LogP contribution in [0.2, 0.25) is 0 Å². The van der Waals surface area contributed by atoms with Crippen LogP contribution in [0.4, 0.5) is 34.1 Å². The highest BCUT2D eigenvalue weighted by molar-refractivity contribution is 6.32. The number of nitrogens with zero attached hydrogens (tertiary/aromatic N) is 2. The second-order valence-electron chi connectivity index (χ2n) is 18.7.